The third kappa shape index (κ3) is 9.36. The number of nitrogens with zero attached hydrogens (tertiary/aromatic N) is 1. The number of amides is 3. The van der Waals surface area contributed by atoms with E-state index in [1.54, 1.807) is 76.4 Å². The van der Waals surface area contributed by atoms with E-state index in [4.69, 9.17) is 15.9 Å². The van der Waals surface area contributed by atoms with Crippen molar-refractivity contribution in [3.05, 3.63) is 59.7 Å². The molecule has 0 aliphatic carbocycles. The Morgan fingerprint density at radius 3 is 2.13 bits per heavy atom. The summed E-state index contributed by atoms with van der Waals surface area (Å²) in [6.07, 6.45) is 6.32. The molecule has 2 N–H and O–H groups in total. The monoisotopic (exact) mass is 535 g/mol. The van der Waals surface area contributed by atoms with Crippen LogP contribution in [-0.2, 0) is 14.3 Å². The van der Waals surface area contributed by atoms with Crippen LogP contribution in [0.5, 0.6) is 5.75 Å². The van der Waals surface area contributed by atoms with Crippen molar-refractivity contribution in [2.24, 2.45) is 5.92 Å². The van der Waals surface area contributed by atoms with Gasteiger partial charge >= 0.3 is 6.09 Å². The Bertz CT molecular complexity index is 1140. The molecule has 0 aliphatic rings. The van der Waals surface area contributed by atoms with Gasteiger partial charge in [0.1, 0.15) is 23.4 Å². The molecule has 0 spiro atoms. The van der Waals surface area contributed by atoms with Gasteiger partial charge in [-0.05, 0) is 75.1 Å². The molecule has 0 saturated heterocycles. The number of carbonyl (C=O) groups excluding carboxylic acids is 3. The molecule has 2 atom stereocenters. The fourth-order valence-corrected chi connectivity index (χ4v) is 3.94. The van der Waals surface area contributed by atoms with Gasteiger partial charge in [0.15, 0.2) is 0 Å². The summed E-state index contributed by atoms with van der Waals surface area (Å²) in [4.78, 5) is 42.1. The smallest absolute Gasteiger partial charge is 0.408 e. The number of nitrogens with one attached hydrogen (secondary N) is 2. The van der Waals surface area contributed by atoms with Crippen LogP contribution in [0.2, 0.25) is 0 Å². The molecule has 2 aromatic rings. The fourth-order valence-electron chi connectivity index (χ4n) is 3.94. The highest BCUT2D eigenvalue weighted by molar-refractivity contribution is 5.99. The Kier molecular flexibility index (Phi) is 11.4. The molecular formula is C31H41N3O5. The zero-order valence-corrected chi connectivity index (χ0v) is 24.0. The van der Waals surface area contributed by atoms with Crippen LogP contribution in [0.3, 0.4) is 0 Å². The lowest BCUT2D eigenvalue weighted by atomic mass is 9.97. The van der Waals surface area contributed by atoms with Crippen molar-refractivity contribution in [3.63, 3.8) is 0 Å². The minimum atomic E-state index is -0.973. The Labute approximate surface area is 232 Å². The van der Waals surface area contributed by atoms with Crippen molar-refractivity contribution in [1.29, 1.82) is 0 Å². The second kappa shape index (κ2) is 14.2. The first-order valence-electron chi connectivity index (χ1n) is 13.2. The third-order valence-corrected chi connectivity index (χ3v) is 5.95. The highest BCUT2D eigenvalue weighted by Gasteiger charge is 2.37. The lowest BCUT2D eigenvalue weighted by Crippen LogP contribution is -2.54. The largest absolute Gasteiger partial charge is 0.497 e. The molecule has 0 heterocycles. The summed E-state index contributed by atoms with van der Waals surface area (Å²) >= 11 is 0. The van der Waals surface area contributed by atoms with Crippen LogP contribution in [0.15, 0.2) is 48.5 Å². The maximum atomic E-state index is 14.1. The van der Waals surface area contributed by atoms with Crippen LogP contribution in [0.1, 0.15) is 71.6 Å². The topological polar surface area (TPSA) is 97.0 Å². The van der Waals surface area contributed by atoms with E-state index in [9.17, 15) is 14.4 Å². The molecular weight excluding hydrogens is 494 g/mol. The average Bonchev–Trinajstić information content (AvgIpc) is 2.88. The number of alkyl carbamates (subject to hydrolysis) is 1. The number of ether oxygens (including phenoxy) is 2. The Hall–Kier alpha value is -3.99. The maximum Gasteiger partial charge on any atom is 0.408 e. The van der Waals surface area contributed by atoms with Crippen LogP contribution in [-0.4, -0.2) is 48.1 Å². The lowest BCUT2D eigenvalue weighted by molar-refractivity contribution is -0.141. The van der Waals surface area contributed by atoms with E-state index in [-0.39, 0.29) is 11.8 Å². The van der Waals surface area contributed by atoms with Crippen molar-refractivity contribution in [1.82, 2.24) is 10.2 Å². The molecule has 2 unspecified atom stereocenters. The number of terminal acetylenes is 1. The molecule has 0 bridgehead atoms. The van der Waals surface area contributed by atoms with Crippen LogP contribution in [0, 0.1) is 18.3 Å². The zero-order chi connectivity index (χ0) is 29.2. The van der Waals surface area contributed by atoms with Crippen LogP contribution >= 0.6 is 0 Å². The third-order valence-electron chi connectivity index (χ3n) is 5.95. The summed E-state index contributed by atoms with van der Waals surface area (Å²) in [6, 6.07) is 12.1. The van der Waals surface area contributed by atoms with E-state index >= 15 is 0 Å². The molecule has 0 radical (unpaired) electrons. The number of hydrogen-bond donors (Lipinski definition) is 2. The lowest BCUT2D eigenvalue weighted by Gasteiger charge is -2.35. The number of benzene rings is 2. The van der Waals surface area contributed by atoms with Gasteiger partial charge in [-0.3, -0.25) is 9.59 Å². The molecule has 0 fully saturated rings. The second-order valence-electron chi connectivity index (χ2n) is 10.6. The van der Waals surface area contributed by atoms with Crippen molar-refractivity contribution in [2.45, 2.75) is 72.1 Å². The highest BCUT2D eigenvalue weighted by Crippen LogP contribution is 2.27. The number of rotatable bonds is 11. The molecule has 0 aliphatic heterocycles. The van der Waals surface area contributed by atoms with E-state index in [0.717, 1.165) is 6.42 Å². The SMILES string of the molecule is C#Cc1ccc(C(C(=O)Nc2ccc(OC)cc2)N(CCCC)C(=O)C(NC(=O)OC(C)(C)C)C(C)C)cc1. The quantitative estimate of drug-likeness (QED) is 0.369. The number of methoxy groups -OCH3 is 1. The predicted octanol–water partition coefficient (Wildman–Crippen LogP) is 5.53. The predicted molar refractivity (Wildman–Crippen MR) is 153 cm³/mol. The first kappa shape index (κ1) is 31.2. The van der Waals surface area contributed by atoms with Gasteiger partial charge in [0, 0.05) is 17.8 Å². The molecule has 2 rings (SSSR count). The van der Waals surface area contributed by atoms with Crippen LogP contribution in [0.4, 0.5) is 10.5 Å². The summed E-state index contributed by atoms with van der Waals surface area (Å²) in [5.41, 5.74) is 1.09. The first-order valence-corrected chi connectivity index (χ1v) is 13.2. The van der Waals surface area contributed by atoms with Gasteiger partial charge in [0.05, 0.1) is 7.11 Å². The molecule has 39 heavy (non-hydrogen) atoms. The van der Waals surface area contributed by atoms with E-state index in [2.05, 4.69) is 16.6 Å². The summed E-state index contributed by atoms with van der Waals surface area (Å²) in [7, 11) is 1.57. The van der Waals surface area contributed by atoms with Crippen molar-refractivity contribution < 1.29 is 23.9 Å². The van der Waals surface area contributed by atoms with Crippen molar-refractivity contribution in [3.8, 4) is 18.1 Å². The second-order valence-corrected chi connectivity index (χ2v) is 10.6. The maximum absolute atomic E-state index is 14.1. The van der Waals surface area contributed by atoms with E-state index < -0.39 is 29.7 Å². The highest BCUT2D eigenvalue weighted by atomic mass is 16.6. The molecule has 2 aromatic carbocycles. The van der Waals surface area contributed by atoms with Gasteiger partial charge < -0.3 is 25.0 Å². The standard InChI is InChI=1S/C31H41N3O5/c1-9-11-20-34(29(36)26(21(3)4)33-30(37)39-31(5,6)7)27(23-14-12-22(10-2)13-15-23)28(35)32-24-16-18-25(38-8)19-17-24/h2,12-19,21,26-27H,9,11,20H2,1,3-8H3,(H,32,35)(H,33,37). The molecule has 0 aromatic heterocycles. The minimum absolute atomic E-state index is 0.261. The summed E-state index contributed by atoms with van der Waals surface area (Å²) < 4.78 is 10.6. The van der Waals surface area contributed by atoms with E-state index in [1.165, 1.54) is 4.90 Å². The molecule has 3 amide bonds. The van der Waals surface area contributed by atoms with Crippen LogP contribution in [0.25, 0.3) is 0 Å². The van der Waals surface area contributed by atoms with Gasteiger partial charge in [-0.2, -0.15) is 0 Å². The number of carbonyl (C=O) groups is 3. The Morgan fingerprint density at radius 1 is 1.03 bits per heavy atom. The Balaban J connectivity index is 2.51. The zero-order valence-electron chi connectivity index (χ0n) is 24.0. The molecule has 0 saturated carbocycles. The Morgan fingerprint density at radius 2 is 1.64 bits per heavy atom. The molecule has 210 valence electrons. The van der Waals surface area contributed by atoms with Crippen molar-refractivity contribution in [2.75, 3.05) is 19.0 Å². The molecule has 8 heteroatoms. The normalized spacial score (nSPS) is 12.6. The average molecular weight is 536 g/mol. The van der Waals surface area contributed by atoms with E-state index in [0.29, 0.717) is 35.5 Å². The summed E-state index contributed by atoms with van der Waals surface area (Å²) in [5.74, 6) is 2.21. The number of hydrogen-bond acceptors (Lipinski definition) is 5. The van der Waals surface area contributed by atoms with Crippen LogP contribution < -0.4 is 15.4 Å². The van der Waals surface area contributed by atoms with Gasteiger partial charge in [0.2, 0.25) is 5.91 Å². The molecule has 8 nitrogen and oxygen atoms in total. The summed E-state index contributed by atoms with van der Waals surface area (Å²) in [5, 5.41) is 5.66. The van der Waals surface area contributed by atoms with Gasteiger partial charge in [-0.25, -0.2) is 4.79 Å². The number of anilines is 1. The summed E-state index contributed by atoms with van der Waals surface area (Å²) in [6.45, 7) is 11.3. The minimum Gasteiger partial charge on any atom is -0.497 e. The number of unbranched alkanes of at least 4 members (excludes halogenated alkanes) is 1. The first-order chi connectivity index (χ1) is 18.4. The van der Waals surface area contributed by atoms with E-state index in [1.807, 2.05) is 20.8 Å². The van der Waals surface area contributed by atoms with Gasteiger partial charge in [-0.15, -0.1) is 6.42 Å². The van der Waals surface area contributed by atoms with Gasteiger partial charge in [0.25, 0.3) is 5.91 Å². The van der Waals surface area contributed by atoms with Crippen molar-refractivity contribution >= 4 is 23.6 Å². The fraction of sp³-hybridized carbons (Fsp3) is 0.452. The van der Waals surface area contributed by atoms with Gasteiger partial charge in [-0.1, -0.05) is 45.2 Å².